The van der Waals surface area contributed by atoms with Gasteiger partial charge < -0.3 is 9.32 Å². The van der Waals surface area contributed by atoms with Gasteiger partial charge in [0, 0.05) is 33.2 Å². The summed E-state index contributed by atoms with van der Waals surface area (Å²) in [6, 6.07) is 85.6. The third-order valence-corrected chi connectivity index (χ3v) is 12.9. The zero-order valence-corrected chi connectivity index (χ0v) is 35.3. The Morgan fingerprint density at radius 1 is 0.431 bits per heavy atom. The summed E-state index contributed by atoms with van der Waals surface area (Å²) >= 11 is 0. The summed E-state index contributed by atoms with van der Waals surface area (Å²) in [4.78, 5) is 7.63. The highest BCUT2D eigenvalue weighted by Gasteiger charge is 2.48. The van der Waals surface area contributed by atoms with Crippen molar-refractivity contribution < 1.29 is 4.42 Å². The molecule has 65 heavy (non-hydrogen) atoms. The Bertz CT molecular complexity index is 3520. The van der Waals surface area contributed by atoms with E-state index in [1.54, 1.807) is 0 Å². The van der Waals surface area contributed by atoms with Gasteiger partial charge in [0.25, 0.3) is 0 Å². The quantitative estimate of drug-likeness (QED) is 0.161. The van der Waals surface area contributed by atoms with Crippen LogP contribution in [0.25, 0.3) is 66.7 Å². The molecule has 0 bridgehead atoms. The number of aromatic nitrogens is 1. The molecule has 0 aliphatic carbocycles. The maximum absolute atomic E-state index is 10.5. The van der Waals surface area contributed by atoms with Crippen LogP contribution in [0.2, 0.25) is 0 Å². The van der Waals surface area contributed by atoms with Gasteiger partial charge in [0.15, 0.2) is 0 Å². The number of hydrogen-bond donors (Lipinski definition) is 0. The molecule has 0 unspecified atom stereocenters. The van der Waals surface area contributed by atoms with Crippen LogP contribution < -0.4 is 4.90 Å². The highest BCUT2D eigenvalue weighted by molar-refractivity contribution is 6.07. The van der Waals surface area contributed by atoms with E-state index in [0.717, 1.165) is 106 Å². The average molecular weight is 830 g/mol. The summed E-state index contributed by atoms with van der Waals surface area (Å²) in [5.41, 5.74) is 16.8. The smallest absolute Gasteiger partial charge is 0.140 e. The molecule has 3 heterocycles. The maximum atomic E-state index is 10.5. The van der Waals surface area contributed by atoms with Gasteiger partial charge in [0.2, 0.25) is 0 Å². The average Bonchev–Trinajstić information content (AvgIpc) is 3.78. The minimum atomic E-state index is -0.771. The number of anilines is 3. The second kappa shape index (κ2) is 15.5. The highest BCUT2D eigenvalue weighted by Crippen LogP contribution is 2.59. The summed E-state index contributed by atoms with van der Waals surface area (Å²) < 4.78 is 6.91. The molecule has 0 atom stereocenters. The van der Waals surface area contributed by atoms with Gasteiger partial charge in [0.1, 0.15) is 11.2 Å². The van der Waals surface area contributed by atoms with Crippen molar-refractivity contribution >= 4 is 39.0 Å². The summed E-state index contributed by atoms with van der Waals surface area (Å²) in [7, 11) is 0. The molecular formula is C61H39N3O. The second-order valence-electron chi connectivity index (χ2n) is 16.6. The fourth-order valence-corrected chi connectivity index (χ4v) is 10.1. The lowest BCUT2D eigenvalue weighted by Gasteiger charge is -2.46. The van der Waals surface area contributed by atoms with Crippen LogP contribution >= 0.6 is 0 Å². The van der Waals surface area contributed by atoms with Crippen molar-refractivity contribution in [3.05, 3.63) is 264 Å². The lowest BCUT2D eigenvalue weighted by Crippen LogP contribution is -2.37. The first-order valence-electron chi connectivity index (χ1n) is 21.9. The van der Waals surface area contributed by atoms with Crippen LogP contribution in [0.5, 0.6) is 0 Å². The van der Waals surface area contributed by atoms with Crippen LogP contribution in [0.3, 0.4) is 0 Å². The number of para-hydroxylation sites is 4. The van der Waals surface area contributed by atoms with Crippen LogP contribution in [-0.4, -0.2) is 4.98 Å². The SMILES string of the molecule is N#Cc1ccccc1-c1cc(-c2cc(-c3ccccc3)nc(-c3ccccc3)c2)cc(N2c3ccccc3C(c3ccccc3)(c3cccc4c3oc3ccccc34)c3ccccc32)c1. The molecule has 1 aliphatic rings. The molecule has 1 aliphatic heterocycles. The molecule has 0 N–H and O–H groups in total. The number of pyridine rings is 1. The molecule has 0 radical (unpaired) electrons. The minimum Gasteiger partial charge on any atom is -0.456 e. The lowest BCUT2D eigenvalue weighted by molar-refractivity contribution is 0.643. The van der Waals surface area contributed by atoms with Crippen molar-refractivity contribution in [2.45, 2.75) is 5.41 Å². The van der Waals surface area contributed by atoms with E-state index in [1.807, 2.05) is 42.5 Å². The van der Waals surface area contributed by atoms with Crippen molar-refractivity contribution in [3.63, 3.8) is 0 Å². The Morgan fingerprint density at radius 2 is 0.954 bits per heavy atom. The molecule has 4 nitrogen and oxygen atoms in total. The largest absolute Gasteiger partial charge is 0.456 e. The van der Waals surface area contributed by atoms with Gasteiger partial charge >= 0.3 is 0 Å². The third-order valence-electron chi connectivity index (χ3n) is 12.9. The van der Waals surface area contributed by atoms with Crippen LogP contribution in [0.4, 0.5) is 17.1 Å². The monoisotopic (exact) mass is 829 g/mol. The van der Waals surface area contributed by atoms with Gasteiger partial charge in [0.05, 0.1) is 39.8 Å². The van der Waals surface area contributed by atoms with E-state index in [-0.39, 0.29) is 0 Å². The standard InChI is InChI=1S/C61H39N3O/c62-40-43-23-10-11-26-49(43)46-35-44(45-38-55(41-19-4-1-5-20-41)63-56(39-45)42-21-6-2-7-22-42)36-48(37-46)64-57-32-15-13-29-52(57)61(47-24-8-3-9-25-47,53-30-14-16-33-58(53)64)54-31-18-28-51-50-27-12-17-34-59(50)65-60(51)54/h1-39H. The number of furan rings is 1. The topological polar surface area (TPSA) is 53.1 Å². The normalized spacial score (nSPS) is 12.7. The molecule has 0 saturated carbocycles. The Kier molecular flexibility index (Phi) is 9.07. The zero-order chi connectivity index (χ0) is 43.3. The van der Waals surface area contributed by atoms with Gasteiger partial charge in [-0.1, -0.05) is 182 Å². The molecular weight excluding hydrogens is 791 g/mol. The number of nitrogens with zero attached hydrogens (tertiary/aromatic N) is 3. The molecule has 304 valence electrons. The third kappa shape index (κ3) is 6.17. The first kappa shape index (κ1) is 37.9. The Labute approximate surface area is 377 Å². The number of fused-ring (bicyclic) bond motifs is 5. The first-order chi connectivity index (χ1) is 32.2. The van der Waals surface area contributed by atoms with Gasteiger partial charge in [-0.05, 0) is 93.5 Å². The fourth-order valence-electron chi connectivity index (χ4n) is 10.1. The molecule has 0 saturated heterocycles. The van der Waals surface area contributed by atoms with E-state index >= 15 is 0 Å². The molecule has 0 amide bonds. The summed E-state index contributed by atoms with van der Waals surface area (Å²) in [5.74, 6) is 0. The first-order valence-corrected chi connectivity index (χ1v) is 21.9. The number of nitriles is 1. The van der Waals surface area contributed by atoms with Crippen molar-refractivity contribution in [2.75, 3.05) is 4.90 Å². The predicted molar refractivity (Wildman–Crippen MR) is 265 cm³/mol. The van der Waals surface area contributed by atoms with Gasteiger partial charge in [-0.3, -0.25) is 0 Å². The summed E-state index contributed by atoms with van der Waals surface area (Å²) in [6.07, 6.45) is 0. The molecule has 11 aromatic rings. The van der Waals surface area contributed by atoms with E-state index in [1.165, 1.54) is 0 Å². The molecule has 12 rings (SSSR count). The lowest BCUT2D eigenvalue weighted by atomic mass is 9.62. The second-order valence-corrected chi connectivity index (χ2v) is 16.6. The van der Waals surface area contributed by atoms with Crippen LogP contribution in [0, 0.1) is 11.3 Å². The minimum absolute atomic E-state index is 0.613. The Hall–Kier alpha value is -8.78. The van der Waals surface area contributed by atoms with E-state index < -0.39 is 5.41 Å². The molecule has 0 fully saturated rings. The van der Waals surface area contributed by atoms with E-state index in [4.69, 9.17) is 9.40 Å². The highest BCUT2D eigenvalue weighted by atomic mass is 16.3. The van der Waals surface area contributed by atoms with E-state index in [0.29, 0.717) is 5.56 Å². The number of hydrogen-bond acceptors (Lipinski definition) is 4. The molecule has 0 spiro atoms. The maximum Gasteiger partial charge on any atom is 0.140 e. The zero-order valence-electron chi connectivity index (χ0n) is 35.3. The van der Waals surface area contributed by atoms with Crippen molar-refractivity contribution in [1.82, 2.24) is 4.98 Å². The Morgan fingerprint density at radius 3 is 1.63 bits per heavy atom. The van der Waals surface area contributed by atoms with Crippen LogP contribution in [-0.2, 0) is 5.41 Å². The summed E-state index contributed by atoms with van der Waals surface area (Å²) in [5, 5.41) is 12.7. The number of rotatable bonds is 7. The van der Waals surface area contributed by atoms with Crippen molar-refractivity contribution in [1.29, 1.82) is 5.26 Å². The van der Waals surface area contributed by atoms with E-state index in [9.17, 15) is 5.26 Å². The van der Waals surface area contributed by atoms with Gasteiger partial charge in [-0.25, -0.2) is 4.98 Å². The summed E-state index contributed by atoms with van der Waals surface area (Å²) in [6.45, 7) is 0. The number of benzene rings is 9. The van der Waals surface area contributed by atoms with Crippen molar-refractivity contribution in [3.8, 4) is 50.8 Å². The molecule has 2 aromatic heterocycles. The molecule has 4 heteroatoms. The fraction of sp³-hybridized carbons (Fsp3) is 0.0164. The van der Waals surface area contributed by atoms with E-state index in [2.05, 4.69) is 205 Å². The van der Waals surface area contributed by atoms with Gasteiger partial charge in [-0.15, -0.1) is 0 Å². The van der Waals surface area contributed by atoms with Crippen molar-refractivity contribution in [2.24, 2.45) is 0 Å². The molecule has 9 aromatic carbocycles. The van der Waals surface area contributed by atoms with Gasteiger partial charge in [-0.2, -0.15) is 5.26 Å². The predicted octanol–water partition coefficient (Wildman–Crippen LogP) is 15.7. The Balaban J connectivity index is 1.15. The van der Waals surface area contributed by atoms with Crippen LogP contribution in [0.15, 0.2) is 241 Å². The van der Waals surface area contributed by atoms with Crippen LogP contribution in [0.1, 0.15) is 27.8 Å².